The maximum absolute atomic E-state index is 12.4. The molecule has 2 amide bonds. The van der Waals surface area contributed by atoms with Gasteiger partial charge in [0, 0.05) is 15.6 Å². The Bertz CT molecular complexity index is 1320. The second-order valence-corrected chi connectivity index (χ2v) is 9.80. The van der Waals surface area contributed by atoms with Gasteiger partial charge in [-0.1, -0.05) is 41.4 Å². The lowest BCUT2D eigenvalue weighted by Gasteiger charge is -2.14. The standard InChI is InChI=1S/C27H26BrCl2N3O5/c1-16(32-25(34)12-17-4-8-21(36-2)9-5-17)27(35)33-31-14-18-10-22(28)26(24(11-18)37-3)38-15-19-6-7-20(29)13-23(19)30/h4-11,13-14,16H,12,15H2,1-3H3,(H,32,34)(H,33,35). The number of rotatable bonds is 11. The van der Waals surface area contributed by atoms with Gasteiger partial charge < -0.3 is 19.5 Å². The Labute approximate surface area is 239 Å². The summed E-state index contributed by atoms with van der Waals surface area (Å²) in [6, 6.07) is 15.0. The van der Waals surface area contributed by atoms with Gasteiger partial charge in [-0.25, -0.2) is 5.43 Å². The van der Waals surface area contributed by atoms with Gasteiger partial charge in [-0.3, -0.25) is 9.59 Å². The quantitative estimate of drug-likeness (QED) is 0.216. The normalized spacial score (nSPS) is 11.6. The van der Waals surface area contributed by atoms with E-state index in [-0.39, 0.29) is 18.9 Å². The van der Waals surface area contributed by atoms with Gasteiger partial charge in [-0.2, -0.15) is 5.10 Å². The van der Waals surface area contributed by atoms with Crippen LogP contribution in [0, 0.1) is 0 Å². The van der Waals surface area contributed by atoms with Crippen LogP contribution in [-0.2, 0) is 22.6 Å². The predicted octanol–water partition coefficient (Wildman–Crippen LogP) is 5.55. The van der Waals surface area contributed by atoms with Gasteiger partial charge in [-0.05, 0) is 70.4 Å². The average Bonchev–Trinajstić information content (AvgIpc) is 2.89. The fourth-order valence-electron chi connectivity index (χ4n) is 3.30. The van der Waals surface area contributed by atoms with E-state index in [1.165, 1.54) is 13.3 Å². The first-order chi connectivity index (χ1) is 18.2. The molecule has 1 unspecified atom stereocenters. The van der Waals surface area contributed by atoms with Gasteiger partial charge in [-0.15, -0.1) is 0 Å². The molecule has 38 heavy (non-hydrogen) atoms. The number of hydrazone groups is 1. The molecular weight excluding hydrogens is 597 g/mol. The first-order valence-corrected chi connectivity index (χ1v) is 12.9. The maximum Gasteiger partial charge on any atom is 0.262 e. The summed E-state index contributed by atoms with van der Waals surface area (Å²) in [7, 11) is 3.09. The summed E-state index contributed by atoms with van der Waals surface area (Å²) < 4.78 is 17.1. The lowest BCUT2D eigenvalue weighted by Crippen LogP contribution is -2.43. The van der Waals surface area contributed by atoms with Crippen molar-refractivity contribution in [2.45, 2.75) is 26.0 Å². The molecule has 3 rings (SSSR count). The average molecular weight is 623 g/mol. The van der Waals surface area contributed by atoms with Gasteiger partial charge in [0.05, 0.1) is 31.3 Å². The highest BCUT2D eigenvalue weighted by molar-refractivity contribution is 9.10. The molecule has 11 heteroatoms. The molecule has 1 atom stereocenters. The van der Waals surface area contributed by atoms with Crippen LogP contribution >= 0.6 is 39.1 Å². The Hall–Kier alpha value is -3.27. The highest BCUT2D eigenvalue weighted by Gasteiger charge is 2.16. The number of methoxy groups -OCH3 is 2. The Morgan fingerprint density at radius 1 is 1.05 bits per heavy atom. The number of carbonyl (C=O) groups is 2. The highest BCUT2D eigenvalue weighted by atomic mass is 79.9. The molecule has 200 valence electrons. The molecular formula is C27H26BrCl2N3O5. The number of nitrogens with one attached hydrogen (secondary N) is 2. The first kappa shape index (κ1) is 29.3. The molecule has 0 heterocycles. The molecule has 0 fully saturated rings. The monoisotopic (exact) mass is 621 g/mol. The summed E-state index contributed by atoms with van der Waals surface area (Å²) in [5, 5.41) is 7.69. The predicted molar refractivity (Wildman–Crippen MR) is 152 cm³/mol. The van der Waals surface area contributed by atoms with E-state index in [1.807, 2.05) is 0 Å². The Balaban J connectivity index is 1.55. The van der Waals surface area contributed by atoms with Crippen molar-refractivity contribution >= 4 is 57.2 Å². The van der Waals surface area contributed by atoms with Crippen LogP contribution in [0.25, 0.3) is 0 Å². The summed E-state index contributed by atoms with van der Waals surface area (Å²) in [6.45, 7) is 1.78. The van der Waals surface area contributed by atoms with Crippen LogP contribution in [0.15, 0.2) is 64.2 Å². The SMILES string of the molecule is COc1ccc(CC(=O)NC(C)C(=O)NN=Cc2cc(Br)c(OCc3ccc(Cl)cc3Cl)c(OC)c2)cc1. The molecule has 8 nitrogen and oxygen atoms in total. The second-order valence-electron chi connectivity index (χ2n) is 8.11. The van der Waals surface area contributed by atoms with E-state index in [0.717, 1.165) is 11.1 Å². The third-order valence-electron chi connectivity index (χ3n) is 5.32. The van der Waals surface area contributed by atoms with Crippen molar-refractivity contribution in [3.05, 3.63) is 85.8 Å². The number of carbonyl (C=O) groups excluding carboxylic acids is 2. The number of halogens is 3. The fraction of sp³-hybridized carbons (Fsp3) is 0.222. The molecule has 0 saturated heterocycles. The third-order valence-corrected chi connectivity index (χ3v) is 6.50. The summed E-state index contributed by atoms with van der Waals surface area (Å²) in [4.78, 5) is 24.7. The van der Waals surface area contributed by atoms with Crippen LogP contribution in [0.2, 0.25) is 10.0 Å². The van der Waals surface area contributed by atoms with Crippen LogP contribution in [-0.4, -0.2) is 38.3 Å². The number of hydrogen-bond donors (Lipinski definition) is 2. The molecule has 3 aromatic carbocycles. The lowest BCUT2D eigenvalue weighted by atomic mass is 10.1. The topological polar surface area (TPSA) is 98.2 Å². The number of benzene rings is 3. The van der Waals surface area contributed by atoms with E-state index in [1.54, 1.807) is 68.6 Å². The Morgan fingerprint density at radius 3 is 2.45 bits per heavy atom. The smallest absolute Gasteiger partial charge is 0.262 e. The van der Waals surface area contributed by atoms with E-state index in [9.17, 15) is 9.59 Å². The van der Waals surface area contributed by atoms with E-state index in [4.69, 9.17) is 37.4 Å². The first-order valence-electron chi connectivity index (χ1n) is 11.4. The molecule has 0 aliphatic rings. The third kappa shape index (κ3) is 8.37. The van der Waals surface area contributed by atoms with Crippen LogP contribution in [0.3, 0.4) is 0 Å². The van der Waals surface area contributed by atoms with Crippen molar-refractivity contribution in [1.82, 2.24) is 10.7 Å². The number of hydrogen-bond acceptors (Lipinski definition) is 6. The fourth-order valence-corrected chi connectivity index (χ4v) is 4.33. The van der Waals surface area contributed by atoms with Crippen molar-refractivity contribution in [2.24, 2.45) is 5.10 Å². The zero-order valence-electron chi connectivity index (χ0n) is 20.9. The summed E-state index contributed by atoms with van der Waals surface area (Å²) in [5.41, 5.74) is 4.64. The minimum absolute atomic E-state index is 0.136. The highest BCUT2D eigenvalue weighted by Crippen LogP contribution is 2.37. The van der Waals surface area contributed by atoms with Crippen LogP contribution in [0.5, 0.6) is 17.2 Å². The van der Waals surface area contributed by atoms with Gasteiger partial charge in [0.15, 0.2) is 11.5 Å². The van der Waals surface area contributed by atoms with E-state index < -0.39 is 11.9 Å². The molecule has 3 aromatic rings. The largest absolute Gasteiger partial charge is 0.497 e. The maximum atomic E-state index is 12.4. The molecule has 0 radical (unpaired) electrons. The van der Waals surface area contributed by atoms with Crippen molar-refractivity contribution in [3.8, 4) is 17.2 Å². The molecule has 0 spiro atoms. The number of amides is 2. The zero-order valence-corrected chi connectivity index (χ0v) is 24.0. The molecule has 0 aliphatic heterocycles. The van der Waals surface area contributed by atoms with Crippen molar-refractivity contribution in [2.75, 3.05) is 14.2 Å². The van der Waals surface area contributed by atoms with Gasteiger partial charge in [0.25, 0.3) is 5.91 Å². The van der Waals surface area contributed by atoms with E-state index in [2.05, 4.69) is 31.8 Å². The Kier molecular flexibility index (Phi) is 10.8. The molecule has 0 saturated carbocycles. The van der Waals surface area contributed by atoms with Crippen molar-refractivity contribution < 1.29 is 23.8 Å². The van der Waals surface area contributed by atoms with Crippen molar-refractivity contribution in [3.63, 3.8) is 0 Å². The summed E-state index contributed by atoms with van der Waals surface area (Å²) in [5.74, 6) is 0.889. The van der Waals surface area contributed by atoms with E-state index in [0.29, 0.717) is 37.3 Å². The summed E-state index contributed by atoms with van der Waals surface area (Å²) in [6.07, 6.45) is 1.59. The minimum Gasteiger partial charge on any atom is -0.497 e. The van der Waals surface area contributed by atoms with Gasteiger partial charge in [0.2, 0.25) is 5.91 Å². The molecule has 0 aromatic heterocycles. The number of ether oxygens (including phenoxy) is 3. The second kappa shape index (κ2) is 14.0. The Morgan fingerprint density at radius 2 is 1.79 bits per heavy atom. The minimum atomic E-state index is -0.783. The zero-order chi connectivity index (χ0) is 27.7. The summed E-state index contributed by atoms with van der Waals surface area (Å²) >= 11 is 15.7. The van der Waals surface area contributed by atoms with E-state index >= 15 is 0 Å². The van der Waals surface area contributed by atoms with Crippen molar-refractivity contribution in [1.29, 1.82) is 0 Å². The van der Waals surface area contributed by atoms with Crippen LogP contribution in [0.1, 0.15) is 23.6 Å². The van der Waals surface area contributed by atoms with Crippen LogP contribution in [0.4, 0.5) is 0 Å². The van der Waals surface area contributed by atoms with Crippen LogP contribution < -0.4 is 25.0 Å². The van der Waals surface area contributed by atoms with Gasteiger partial charge in [0.1, 0.15) is 18.4 Å². The number of nitrogens with zero attached hydrogens (tertiary/aromatic N) is 1. The molecule has 0 bridgehead atoms. The van der Waals surface area contributed by atoms with Gasteiger partial charge >= 0.3 is 0 Å². The molecule has 0 aliphatic carbocycles. The molecule has 2 N–H and O–H groups in total. The lowest BCUT2D eigenvalue weighted by molar-refractivity contribution is -0.128.